The SMILES string of the molecule is O=C(O)C[C@@H]1COc2cc(O[C@@H]3CCc4c3ccc(C(F)(F)F)c4CN3CCn4ccnc4C3)ccc21. The lowest BCUT2D eigenvalue weighted by molar-refractivity contribution is -0.139. The van der Waals surface area contributed by atoms with Gasteiger partial charge in [0.1, 0.15) is 23.4 Å². The highest BCUT2D eigenvalue weighted by Gasteiger charge is 2.38. The minimum absolute atomic E-state index is 0.00751. The molecule has 0 saturated heterocycles. The zero-order valence-electron chi connectivity index (χ0n) is 20.0. The molecule has 37 heavy (non-hydrogen) atoms. The summed E-state index contributed by atoms with van der Waals surface area (Å²) in [6, 6.07) is 8.08. The molecule has 3 heterocycles. The molecule has 0 fully saturated rings. The Labute approximate surface area is 211 Å². The number of aliphatic carboxylic acids is 1. The fraction of sp³-hybridized carbons (Fsp3) is 0.407. The number of aromatic nitrogens is 2. The molecule has 0 bridgehead atoms. The van der Waals surface area contributed by atoms with Gasteiger partial charge in [0.25, 0.3) is 0 Å². The first-order valence-corrected chi connectivity index (χ1v) is 12.4. The minimum atomic E-state index is -4.44. The van der Waals surface area contributed by atoms with Crippen LogP contribution in [0.4, 0.5) is 13.2 Å². The van der Waals surface area contributed by atoms with E-state index in [0.717, 1.165) is 17.0 Å². The summed E-state index contributed by atoms with van der Waals surface area (Å²) in [5.74, 6) is 0.923. The molecule has 6 rings (SSSR count). The van der Waals surface area contributed by atoms with Crippen LogP contribution >= 0.6 is 0 Å². The van der Waals surface area contributed by atoms with Gasteiger partial charge >= 0.3 is 12.1 Å². The molecule has 1 aliphatic carbocycles. The Balaban J connectivity index is 1.25. The van der Waals surface area contributed by atoms with Crippen molar-refractivity contribution < 1.29 is 32.5 Å². The van der Waals surface area contributed by atoms with Crippen LogP contribution in [0.1, 0.15) is 58.5 Å². The van der Waals surface area contributed by atoms with Gasteiger partial charge in [0.2, 0.25) is 0 Å². The number of carbonyl (C=O) groups is 1. The van der Waals surface area contributed by atoms with Crippen LogP contribution in [0.15, 0.2) is 42.7 Å². The van der Waals surface area contributed by atoms with Crippen molar-refractivity contribution in [3.8, 4) is 11.5 Å². The summed E-state index contributed by atoms with van der Waals surface area (Å²) in [5, 5.41) is 9.11. The predicted octanol–water partition coefficient (Wildman–Crippen LogP) is 4.93. The van der Waals surface area contributed by atoms with Gasteiger partial charge in [-0.3, -0.25) is 9.69 Å². The maximum absolute atomic E-state index is 14.0. The number of rotatable bonds is 6. The molecule has 2 atom stereocenters. The number of imidazole rings is 1. The molecule has 0 amide bonds. The molecule has 10 heteroatoms. The summed E-state index contributed by atoms with van der Waals surface area (Å²) in [5.41, 5.74) is 2.07. The van der Waals surface area contributed by atoms with Crippen molar-refractivity contribution in [2.75, 3.05) is 13.2 Å². The zero-order valence-corrected chi connectivity index (χ0v) is 20.0. The number of alkyl halides is 3. The van der Waals surface area contributed by atoms with Crippen LogP contribution in [0.2, 0.25) is 0 Å². The van der Waals surface area contributed by atoms with Crippen molar-refractivity contribution in [1.29, 1.82) is 0 Å². The van der Waals surface area contributed by atoms with E-state index in [-0.39, 0.29) is 25.0 Å². The van der Waals surface area contributed by atoms with Crippen LogP contribution in [-0.4, -0.2) is 38.7 Å². The number of carboxylic acid groups (broad SMARTS) is 1. The molecule has 0 radical (unpaired) electrons. The third-order valence-electron chi connectivity index (χ3n) is 7.55. The average molecular weight is 514 g/mol. The highest BCUT2D eigenvalue weighted by Crippen LogP contribution is 2.44. The number of halogens is 3. The Morgan fingerprint density at radius 1 is 1.19 bits per heavy atom. The van der Waals surface area contributed by atoms with Crippen molar-refractivity contribution in [2.45, 2.75) is 57.1 Å². The average Bonchev–Trinajstić information content (AvgIpc) is 3.57. The van der Waals surface area contributed by atoms with Crippen molar-refractivity contribution in [2.24, 2.45) is 0 Å². The van der Waals surface area contributed by atoms with E-state index in [1.54, 1.807) is 24.4 Å². The van der Waals surface area contributed by atoms with Crippen LogP contribution in [-0.2, 0) is 37.0 Å². The van der Waals surface area contributed by atoms with E-state index in [1.165, 1.54) is 6.07 Å². The van der Waals surface area contributed by atoms with Crippen LogP contribution in [0.25, 0.3) is 0 Å². The van der Waals surface area contributed by atoms with Crippen LogP contribution in [0.3, 0.4) is 0 Å². The first kappa shape index (κ1) is 23.8. The number of fused-ring (bicyclic) bond motifs is 3. The van der Waals surface area contributed by atoms with E-state index in [9.17, 15) is 18.0 Å². The first-order valence-electron chi connectivity index (χ1n) is 12.4. The van der Waals surface area contributed by atoms with Gasteiger partial charge in [0.15, 0.2) is 0 Å². The summed E-state index contributed by atoms with van der Waals surface area (Å²) in [4.78, 5) is 17.5. The predicted molar refractivity (Wildman–Crippen MR) is 126 cm³/mol. The van der Waals surface area contributed by atoms with Gasteiger partial charge < -0.3 is 19.1 Å². The number of carboxylic acids is 1. The monoisotopic (exact) mass is 513 g/mol. The van der Waals surface area contributed by atoms with Gasteiger partial charge in [0, 0.05) is 49.6 Å². The Kier molecular flexibility index (Phi) is 5.86. The van der Waals surface area contributed by atoms with E-state index in [2.05, 4.69) is 4.98 Å². The van der Waals surface area contributed by atoms with E-state index in [4.69, 9.17) is 14.6 Å². The summed E-state index contributed by atoms with van der Waals surface area (Å²) >= 11 is 0. The maximum atomic E-state index is 14.0. The summed E-state index contributed by atoms with van der Waals surface area (Å²) in [6.45, 7) is 2.37. The highest BCUT2D eigenvalue weighted by molar-refractivity contribution is 5.68. The van der Waals surface area contributed by atoms with E-state index < -0.39 is 17.7 Å². The number of hydrogen-bond acceptors (Lipinski definition) is 5. The second-order valence-corrected chi connectivity index (χ2v) is 9.86. The van der Waals surface area contributed by atoms with Crippen LogP contribution in [0, 0.1) is 0 Å². The molecule has 0 unspecified atom stereocenters. The number of ether oxygens (including phenoxy) is 2. The standard InChI is InChI=1S/C27H26F3N3O4/c28-27(29,30)22-5-3-20-19(21(22)13-32-9-10-33-8-7-31-25(33)14-32)4-6-23(20)37-17-1-2-18-16(11-26(34)35)15-36-24(18)12-17/h1-3,5,7-8,12,16,23H,4,6,9-11,13-15H2,(H,34,35)/t16-,23-/m1/s1. The number of benzene rings is 2. The third kappa shape index (κ3) is 4.54. The van der Waals surface area contributed by atoms with E-state index >= 15 is 0 Å². The molecule has 1 N–H and O–H groups in total. The third-order valence-corrected chi connectivity index (χ3v) is 7.55. The zero-order chi connectivity index (χ0) is 25.7. The largest absolute Gasteiger partial charge is 0.492 e. The van der Waals surface area contributed by atoms with Crippen molar-refractivity contribution >= 4 is 5.97 Å². The van der Waals surface area contributed by atoms with Crippen molar-refractivity contribution in [1.82, 2.24) is 14.5 Å². The van der Waals surface area contributed by atoms with Gasteiger partial charge in [-0.05, 0) is 41.7 Å². The smallest absolute Gasteiger partial charge is 0.416 e. The molecule has 7 nitrogen and oxygen atoms in total. The normalized spacial score (nSPS) is 20.7. The fourth-order valence-electron chi connectivity index (χ4n) is 5.76. The lowest BCUT2D eigenvalue weighted by Crippen LogP contribution is -2.34. The lowest BCUT2D eigenvalue weighted by atomic mass is 9.96. The van der Waals surface area contributed by atoms with Crippen LogP contribution in [0.5, 0.6) is 11.5 Å². The molecule has 3 aliphatic rings. The van der Waals surface area contributed by atoms with E-state index in [1.807, 2.05) is 21.7 Å². The van der Waals surface area contributed by atoms with Gasteiger partial charge in [-0.1, -0.05) is 12.1 Å². The molecule has 2 aromatic carbocycles. The molecular weight excluding hydrogens is 487 g/mol. The van der Waals surface area contributed by atoms with Gasteiger partial charge in [-0.2, -0.15) is 13.2 Å². The molecule has 194 valence electrons. The lowest BCUT2D eigenvalue weighted by Gasteiger charge is -2.29. The molecule has 0 saturated carbocycles. The Morgan fingerprint density at radius 3 is 2.84 bits per heavy atom. The first-order chi connectivity index (χ1) is 17.8. The van der Waals surface area contributed by atoms with E-state index in [0.29, 0.717) is 61.7 Å². The van der Waals surface area contributed by atoms with Crippen molar-refractivity contribution in [3.63, 3.8) is 0 Å². The quantitative estimate of drug-likeness (QED) is 0.504. The molecule has 0 spiro atoms. The molecule has 3 aromatic rings. The fourth-order valence-corrected chi connectivity index (χ4v) is 5.76. The summed E-state index contributed by atoms with van der Waals surface area (Å²) < 4.78 is 56.0. The Hall–Kier alpha value is -3.53. The van der Waals surface area contributed by atoms with Gasteiger partial charge in [0.05, 0.1) is 25.1 Å². The van der Waals surface area contributed by atoms with Gasteiger partial charge in [-0.15, -0.1) is 0 Å². The topological polar surface area (TPSA) is 76.8 Å². The number of nitrogens with zero attached hydrogens (tertiary/aromatic N) is 3. The van der Waals surface area contributed by atoms with Crippen LogP contribution < -0.4 is 9.47 Å². The maximum Gasteiger partial charge on any atom is 0.416 e. The second kappa shape index (κ2) is 9.09. The molecule has 2 aliphatic heterocycles. The summed E-state index contributed by atoms with van der Waals surface area (Å²) in [6.07, 6.45) is -0.124. The highest BCUT2D eigenvalue weighted by atomic mass is 19.4. The summed E-state index contributed by atoms with van der Waals surface area (Å²) in [7, 11) is 0. The second-order valence-electron chi connectivity index (χ2n) is 9.86. The van der Waals surface area contributed by atoms with Gasteiger partial charge in [-0.25, -0.2) is 4.98 Å². The molecular formula is C27H26F3N3O4. The number of hydrogen-bond donors (Lipinski definition) is 1. The minimum Gasteiger partial charge on any atom is -0.492 e. The Morgan fingerprint density at radius 2 is 2.03 bits per heavy atom. The Bertz CT molecular complexity index is 1350. The molecule has 1 aromatic heterocycles. The van der Waals surface area contributed by atoms with Crippen molar-refractivity contribution in [3.05, 3.63) is 76.4 Å².